The third-order valence-corrected chi connectivity index (χ3v) is 7.05. The molecule has 1 aromatic heterocycles. The number of aromatic nitrogens is 1. The molecule has 1 amide bonds. The highest BCUT2D eigenvalue weighted by Crippen LogP contribution is 2.42. The van der Waals surface area contributed by atoms with Gasteiger partial charge < -0.3 is 5.73 Å². The van der Waals surface area contributed by atoms with Crippen molar-refractivity contribution in [2.75, 3.05) is 5.75 Å². The van der Waals surface area contributed by atoms with E-state index in [0.29, 0.717) is 0 Å². The fraction of sp³-hybridized carbons (Fsp3) is 0.167. The zero-order chi connectivity index (χ0) is 19.8. The number of benzene rings is 2. The molecule has 1 atom stereocenters. The molecule has 0 spiro atoms. The zero-order valence-electron chi connectivity index (χ0n) is 16.0. The molecule has 144 valence electrons. The van der Waals surface area contributed by atoms with Crippen LogP contribution in [0.25, 0.3) is 10.9 Å². The van der Waals surface area contributed by atoms with Crippen molar-refractivity contribution in [1.29, 1.82) is 0 Å². The van der Waals surface area contributed by atoms with E-state index < -0.39 is 5.41 Å². The smallest absolute Gasteiger partial charge is 0.228 e. The van der Waals surface area contributed by atoms with Crippen molar-refractivity contribution in [1.82, 2.24) is 4.98 Å². The number of pyridine rings is 1. The molecule has 0 saturated carbocycles. The molecule has 1 unspecified atom stereocenters. The Morgan fingerprint density at radius 2 is 1.61 bits per heavy atom. The van der Waals surface area contributed by atoms with Gasteiger partial charge in [0, 0.05) is 17.3 Å². The first-order chi connectivity index (χ1) is 13.7. The van der Waals surface area contributed by atoms with Crippen LogP contribution in [-0.2, 0) is 10.2 Å². The molecule has 2 aromatic carbocycles. The van der Waals surface area contributed by atoms with Crippen LogP contribution in [0.4, 0.5) is 0 Å². The highest BCUT2D eigenvalue weighted by molar-refractivity contribution is 8.22. The summed E-state index contributed by atoms with van der Waals surface area (Å²) in [4.78, 5) is 16.2. The molecule has 0 aliphatic carbocycles. The Morgan fingerprint density at radius 1 is 0.964 bits per heavy atom. The van der Waals surface area contributed by atoms with E-state index in [0.717, 1.165) is 23.3 Å². The first-order valence-electron chi connectivity index (χ1n) is 9.41. The quantitative estimate of drug-likeness (QED) is 0.596. The van der Waals surface area contributed by atoms with Crippen molar-refractivity contribution in [3.63, 3.8) is 0 Å². The van der Waals surface area contributed by atoms with Gasteiger partial charge in [0.05, 0.1) is 10.9 Å². The van der Waals surface area contributed by atoms with E-state index in [2.05, 4.69) is 40.1 Å². The van der Waals surface area contributed by atoms with Crippen LogP contribution in [0.2, 0.25) is 0 Å². The predicted octanol–water partition coefficient (Wildman–Crippen LogP) is 5.10. The molecule has 4 heteroatoms. The summed E-state index contributed by atoms with van der Waals surface area (Å²) in [5.41, 5.74) is 7.28. The SMILES string of the molecule is CCC(C[SH]1C=CC=C1)(C(N)=O)c1ccccc1.c1ccc2ncccc2c1. The van der Waals surface area contributed by atoms with E-state index in [-0.39, 0.29) is 16.8 Å². The number of thiol groups is 1. The minimum Gasteiger partial charge on any atom is -0.369 e. The normalized spacial score (nSPS) is 15.7. The van der Waals surface area contributed by atoms with Gasteiger partial charge in [-0.2, -0.15) is 0 Å². The van der Waals surface area contributed by atoms with E-state index >= 15 is 0 Å². The van der Waals surface area contributed by atoms with Gasteiger partial charge >= 0.3 is 0 Å². The van der Waals surface area contributed by atoms with Crippen LogP contribution in [0.3, 0.4) is 0 Å². The van der Waals surface area contributed by atoms with E-state index in [4.69, 9.17) is 5.73 Å². The summed E-state index contributed by atoms with van der Waals surface area (Å²) >= 11 is 0. The van der Waals surface area contributed by atoms with Crippen LogP contribution in [0.15, 0.2) is 95.9 Å². The van der Waals surface area contributed by atoms with Crippen LogP contribution in [0.1, 0.15) is 18.9 Å². The van der Waals surface area contributed by atoms with Gasteiger partial charge in [-0.25, -0.2) is 10.9 Å². The van der Waals surface area contributed by atoms with E-state index in [1.54, 1.807) is 0 Å². The number of allylic oxidation sites excluding steroid dienone is 2. The van der Waals surface area contributed by atoms with Crippen molar-refractivity contribution < 1.29 is 4.79 Å². The topological polar surface area (TPSA) is 56.0 Å². The maximum absolute atomic E-state index is 12.0. The minimum atomic E-state index is -0.536. The molecule has 0 bridgehead atoms. The van der Waals surface area contributed by atoms with Crippen LogP contribution < -0.4 is 5.73 Å². The molecule has 2 heterocycles. The Kier molecular flexibility index (Phi) is 6.66. The molecule has 2 N–H and O–H groups in total. The zero-order valence-corrected chi connectivity index (χ0v) is 16.9. The number of primary amides is 1. The summed E-state index contributed by atoms with van der Waals surface area (Å²) < 4.78 is 0. The van der Waals surface area contributed by atoms with Crippen molar-refractivity contribution >= 4 is 27.7 Å². The van der Waals surface area contributed by atoms with Gasteiger partial charge in [-0.15, -0.1) is 0 Å². The number of nitrogens with zero attached hydrogens (tertiary/aromatic N) is 1. The predicted molar refractivity (Wildman–Crippen MR) is 121 cm³/mol. The Bertz CT molecular complexity index is 907. The van der Waals surface area contributed by atoms with Gasteiger partial charge in [-0.1, -0.05) is 73.7 Å². The molecule has 0 radical (unpaired) electrons. The number of amides is 1. The number of hydrogen-bond acceptors (Lipinski definition) is 2. The average Bonchev–Trinajstić information content (AvgIpc) is 3.26. The highest BCUT2D eigenvalue weighted by Gasteiger charge is 2.37. The van der Waals surface area contributed by atoms with E-state index in [1.165, 1.54) is 5.39 Å². The Hall–Kier alpha value is -2.85. The van der Waals surface area contributed by atoms with E-state index in [9.17, 15) is 4.79 Å². The standard InChI is InChI=1S/C15H19NOS.C9H7N/c1-2-15(14(16)17,12-18-10-6-7-11-18)13-8-4-3-5-9-13;1-2-6-9-8(4-1)5-3-7-10-9/h3-11,18H,2,12H2,1H3,(H2,16,17);1-7H. The second-order valence-corrected chi connectivity index (χ2v) is 8.66. The second-order valence-electron chi connectivity index (χ2n) is 6.72. The molecule has 28 heavy (non-hydrogen) atoms. The minimum absolute atomic E-state index is 0.215. The number of carbonyl (C=O) groups excluding carboxylic acids is 1. The van der Waals surface area contributed by atoms with E-state index in [1.807, 2.05) is 67.7 Å². The highest BCUT2D eigenvalue weighted by atomic mass is 32.2. The largest absolute Gasteiger partial charge is 0.369 e. The van der Waals surface area contributed by atoms with Crippen LogP contribution in [-0.4, -0.2) is 16.6 Å². The first kappa shape index (κ1) is 19.9. The van der Waals surface area contributed by atoms with Gasteiger partial charge in [0.25, 0.3) is 0 Å². The molecule has 3 aromatic rings. The lowest BCUT2D eigenvalue weighted by atomic mass is 9.79. The van der Waals surface area contributed by atoms with Gasteiger partial charge in [-0.05, 0) is 34.9 Å². The third-order valence-electron chi connectivity index (χ3n) is 5.03. The maximum Gasteiger partial charge on any atom is 0.228 e. The summed E-state index contributed by atoms with van der Waals surface area (Å²) in [6.45, 7) is 2.04. The first-order valence-corrected chi connectivity index (χ1v) is 11.1. The van der Waals surface area contributed by atoms with Crippen molar-refractivity contribution in [3.05, 3.63) is 101 Å². The van der Waals surface area contributed by atoms with Crippen molar-refractivity contribution in [3.8, 4) is 0 Å². The fourth-order valence-electron chi connectivity index (χ4n) is 3.36. The fourth-order valence-corrected chi connectivity index (χ4v) is 5.50. The molecule has 4 rings (SSSR count). The number of fused-ring (bicyclic) bond motifs is 1. The Morgan fingerprint density at radius 3 is 2.25 bits per heavy atom. The van der Waals surface area contributed by atoms with Crippen LogP contribution in [0, 0.1) is 0 Å². The summed E-state index contributed by atoms with van der Waals surface area (Å²) in [5.74, 6) is 0.595. The lowest BCUT2D eigenvalue weighted by Crippen LogP contribution is -2.43. The van der Waals surface area contributed by atoms with Gasteiger partial charge in [-0.3, -0.25) is 9.78 Å². The Balaban J connectivity index is 0.000000188. The maximum atomic E-state index is 12.0. The van der Waals surface area contributed by atoms with Gasteiger partial charge in [0.1, 0.15) is 0 Å². The molecule has 0 fully saturated rings. The lowest BCUT2D eigenvalue weighted by molar-refractivity contribution is -0.122. The molecule has 1 aliphatic heterocycles. The summed E-state index contributed by atoms with van der Waals surface area (Å²) in [5, 5.41) is 5.57. The number of hydrogen-bond donors (Lipinski definition) is 2. The number of rotatable bonds is 5. The number of nitrogens with two attached hydrogens (primary N) is 1. The lowest BCUT2D eigenvalue weighted by Gasteiger charge is -2.32. The summed E-state index contributed by atoms with van der Waals surface area (Å²) in [7, 11) is -0.357. The van der Waals surface area contributed by atoms with Crippen LogP contribution in [0.5, 0.6) is 0 Å². The Labute approximate surface area is 169 Å². The van der Waals surface area contributed by atoms with Gasteiger partial charge in [0.2, 0.25) is 5.91 Å². The number of carbonyl (C=O) groups is 1. The monoisotopic (exact) mass is 390 g/mol. The molecule has 0 saturated heterocycles. The van der Waals surface area contributed by atoms with Crippen molar-refractivity contribution in [2.45, 2.75) is 18.8 Å². The van der Waals surface area contributed by atoms with Gasteiger partial charge in [0.15, 0.2) is 0 Å². The third kappa shape index (κ3) is 4.52. The molecule has 1 aliphatic rings. The second kappa shape index (κ2) is 9.38. The molecule has 3 nitrogen and oxygen atoms in total. The summed E-state index contributed by atoms with van der Waals surface area (Å²) in [6.07, 6.45) is 6.66. The van der Waals surface area contributed by atoms with Crippen LogP contribution >= 0.6 is 10.9 Å². The average molecular weight is 391 g/mol. The molecular weight excluding hydrogens is 364 g/mol. The number of para-hydroxylation sites is 1. The molecular formula is C24H26N2OS. The van der Waals surface area contributed by atoms with Crippen molar-refractivity contribution in [2.24, 2.45) is 5.73 Å². The summed E-state index contributed by atoms with van der Waals surface area (Å²) in [6, 6.07) is 22.0.